The summed E-state index contributed by atoms with van der Waals surface area (Å²) in [5.41, 5.74) is 3.91. The van der Waals surface area contributed by atoms with E-state index < -0.39 is 5.41 Å². The summed E-state index contributed by atoms with van der Waals surface area (Å²) in [5, 5.41) is 3.23. The number of carbonyl (C=O) groups excluding carboxylic acids is 1. The van der Waals surface area contributed by atoms with Crippen LogP contribution in [0.25, 0.3) is 0 Å². The van der Waals surface area contributed by atoms with Gasteiger partial charge in [-0.25, -0.2) is 0 Å². The molecule has 1 amide bonds. The largest absolute Gasteiger partial charge is 0.490 e. The molecule has 29 heavy (non-hydrogen) atoms. The van der Waals surface area contributed by atoms with Gasteiger partial charge in [-0.15, -0.1) is 0 Å². The quantitative estimate of drug-likeness (QED) is 0.635. The molecule has 2 aromatic carbocycles. The standard InChI is InChI=1S/C26H33NO2/c1-19-10-12-21(13-11-19)26(16-6-3-7-17-26)25(28)27-22-14-15-24(20(2)18-22)29-23-8-4-5-9-23/h10-15,18,23H,3-9,16-17H2,1-2H3,(H,27,28). The van der Waals surface area contributed by atoms with Crippen molar-refractivity contribution < 1.29 is 9.53 Å². The van der Waals surface area contributed by atoms with Crippen molar-refractivity contribution in [3.05, 3.63) is 59.2 Å². The lowest BCUT2D eigenvalue weighted by Gasteiger charge is -2.36. The maximum absolute atomic E-state index is 13.5. The Morgan fingerprint density at radius 1 is 0.931 bits per heavy atom. The van der Waals surface area contributed by atoms with Gasteiger partial charge in [-0.1, -0.05) is 49.1 Å². The number of nitrogens with one attached hydrogen (secondary N) is 1. The molecule has 0 heterocycles. The summed E-state index contributed by atoms with van der Waals surface area (Å²) in [4.78, 5) is 13.5. The number of hydrogen-bond acceptors (Lipinski definition) is 2. The van der Waals surface area contributed by atoms with Crippen molar-refractivity contribution >= 4 is 11.6 Å². The van der Waals surface area contributed by atoms with Crippen molar-refractivity contribution in [1.82, 2.24) is 0 Å². The molecule has 1 N–H and O–H groups in total. The average Bonchev–Trinajstić information content (AvgIpc) is 3.24. The number of amides is 1. The lowest BCUT2D eigenvalue weighted by atomic mass is 9.68. The Hall–Kier alpha value is -2.29. The highest BCUT2D eigenvalue weighted by atomic mass is 16.5. The van der Waals surface area contributed by atoms with Crippen LogP contribution in [-0.4, -0.2) is 12.0 Å². The van der Waals surface area contributed by atoms with Crippen molar-refractivity contribution in [2.24, 2.45) is 0 Å². The van der Waals surface area contributed by atoms with E-state index in [-0.39, 0.29) is 5.91 Å². The van der Waals surface area contributed by atoms with Gasteiger partial charge in [0.1, 0.15) is 5.75 Å². The third kappa shape index (κ3) is 4.34. The summed E-state index contributed by atoms with van der Waals surface area (Å²) in [6.07, 6.45) is 10.4. The molecular weight excluding hydrogens is 358 g/mol. The Balaban J connectivity index is 1.53. The van der Waals surface area contributed by atoms with Crippen molar-refractivity contribution in [1.29, 1.82) is 0 Å². The molecule has 0 bridgehead atoms. The first kappa shape index (κ1) is 20.0. The van der Waals surface area contributed by atoms with Crippen molar-refractivity contribution in [2.75, 3.05) is 5.32 Å². The van der Waals surface area contributed by atoms with E-state index in [4.69, 9.17) is 4.74 Å². The molecule has 0 saturated heterocycles. The molecule has 0 unspecified atom stereocenters. The molecule has 154 valence electrons. The SMILES string of the molecule is Cc1ccc(C2(C(=O)Nc3ccc(OC4CCCC4)c(C)c3)CCCCC2)cc1. The summed E-state index contributed by atoms with van der Waals surface area (Å²) in [5.74, 6) is 1.07. The number of hydrogen-bond donors (Lipinski definition) is 1. The van der Waals surface area contributed by atoms with Gasteiger partial charge in [-0.3, -0.25) is 4.79 Å². The second-order valence-electron chi connectivity index (χ2n) is 8.97. The van der Waals surface area contributed by atoms with Crippen LogP contribution >= 0.6 is 0 Å². The van der Waals surface area contributed by atoms with Gasteiger partial charge in [0.15, 0.2) is 0 Å². The Kier molecular flexibility index (Phi) is 5.94. The van der Waals surface area contributed by atoms with Gasteiger partial charge in [-0.05, 0) is 81.7 Å². The molecule has 4 rings (SSSR count). The maximum atomic E-state index is 13.5. The summed E-state index contributed by atoms with van der Waals surface area (Å²) < 4.78 is 6.17. The predicted octanol–water partition coefficient (Wildman–Crippen LogP) is 6.47. The van der Waals surface area contributed by atoms with Gasteiger partial charge in [0.05, 0.1) is 11.5 Å². The van der Waals surface area contributed by atoms with E-state index in [0.29, 0.717) is 6.10 Å². The van der Waals surface area contributed by atoms with E-state index in [1.165, 1.54) is 24.8 Å². The third-order valence-corrected chi connectivity index (χ3v) is 6.77. The fourth-order valence-corrected chi connectivity index (χ4v) is 4.97. The molecule has 0 radical (unpaired) electrons. The molecule has 2 aliphatic rings. The molecule has 2 aromatic rings. The number of anilines is 1. The van der Waals surface area contributed by atoms with Crippen LogP contribution in [0.1, 0.15) is 74.5 Å². The first-order valence-electron chi connectivity index (χ1n) is 11.2. The normalized spacial score (nSPS) is 19.1. The lowest BCUT2D eigenvalue weighted by molar-refractivity contribution is -0.122. The van der Waals surface area contributed by atoms with Crippen LogP contribution < -0.4 is 10.1 Å². The van der Waals surface area contributed by atoms with E-state index >= 15 is 0 Å². The van der Waals surface area contributed by atoms with Crippen LogP contribution in [0.15, 0.2) is 42.5 Å². The van der Waals surface area contributed by atoms with Crippen LogP contribution in [0, 0.1) is 13.8 Å². The molecule has 0 aliphatic heterocycles. The van der Waals surface area contributed by atoms with Gasteiger partial charge >= 0.3 is 0 Å². The number of benzene rings is 2. The second kappa shape index (κ2) is 8.61. The minimum absolute atomic E-state index is 0.130. The Bertz CT molecular complexity index is 844. The summed E-state index contributed by atoms with van der Waals surface area (Å²) >= 11 is 0. The molecule has 2 aliphatic carbocycles. The first-order valence-corrected chi connectivity index (χ1v) is 11.2. The van der Waals surface area contributed by atoms with Crippen LogP contribution in [0.4, 0.5) is 5.69 Å². The van der Waals surface area contributed by atoms with E-state index in [0.717, 1.165) is 61.1 Å². The zero-order valence-corrected chi connectivity index (χ0v) is 17.8. The Morgan fingerprint density at radius 2 is 1.62 bits per heavy atom. The molecule has 2 fully saturated rings. The molecule has 2 saturated carbocycles. The van der Waals surface area contributed by atoms with Crippen LogP contribution in [0.3, 0.4) is 0 Å². The average molecular weight is 392 g/mol. The van der Waals surface area contributed by atoms with Crippen molar-refractivity contribution in [3.63, 3.8) is 0 Å². The highest BCUT2D eigenvalue weighted by Gasteiger charge is 2.41. The fraction of sp³-hybridized carbons (Fsp3) is 0.500. The first-order chi connectivity index (χ1) is 14.1. The molecule has 3 nitrogen and oxygen atoms in total. The van der Waals surface area contributed by atoms with Crippen LogP contribution in [-0.2, 0) is 10.2 Å². The molecule has 0 aromatic heterocycles. The number of carbonyl (C=O) groups is 1. The third-order valence-electron chi connectivity index (χ3n) is 6.77. The number of ether oxygens (including phenoxy) is 1. The minimum Gasteiger partial charge on any atom is -0.490 e. The highest BCUT2D eigenvalue weighted by molar-refractivity contribution is 5.99. The lowest BCUT2D eigenvalue weighted by Crippen LogP contribution is -2.42. The summed E-state index contributed by atoms with van der Waals surface area (Å²) in [7, 11) is 0. The topological polar surface area (TPSA) is 38.3 Å². The smallest absolute Gasteiger partial charge is 0.235 e. The summed E-state index contributed by atoms with van der Waals surface area (Å²) in [6.45, 7) is 4.16. The van der Waals surface area contributed by atoms with E-state index in [1.807, 2.05) is 18.2 Å². The Labute approximate surface area is 174 Å². The van der Waals surface area contributed by atoms with Crippen LogP contribution in [0.2, 0.25) is 0 Å². The van der Waals surface area contributed by atoms with Crippen molar-refractivity contribution in [2.45, 2.75) is 83.2 Å². The zero-order valence-electron chi connectivity index (χ0n) is 17.8. The van der Waals surface area contributed by atoms with Gasteiger partial charge in [0, 0.05) is 5.69 Å². The highest BCUT2D eigenvalue weighted by Crippen LogP contribution is 2.41. The van der Waals surface area contributed by atoms with Crippen LogP contribution in [0.5, 0.6) is 5.75 Å². The molecule has 3 heteroatoms. The van der Waals surface area contributed by atoms with E-state index in [2.05, 4.69) is 43.4 Å². The fourth-order valence-electron chi connectivity index (χ4n) is 4.97. The second-order valence-corrected chi connectivity index (χ2v) is 8.97. The minimum atomic E-state index is -0.418. The Morgan fingerprint density at radius 3 is 2.28 bits per heavy atom. The zero-order chi connectivity index (χ0) is 20.3. The van der Waals surface area contributed by atoms with Gasteiger partial charge in [-0.2, -0.15) is 0 Å². The van der Waals surface area contributed by atoms with Crippen molar-refractivity contribution in [3.8, 4) is 5.75 Å². The molecule has 0 spiro atoms. The van der Waals surface area contributed by atoms with Gasteiger partial charge < -0.3 is 10.1 Å². The number of rotatable bonds is 5. The number of aryl methyl sites for hydroxylation is 2. The summed E-state index contributed by atoms with van der Waals surface area (Å²) in [6, 6.07) is 14.6. The molecular formula is C26H33NO2. The van der Waals surface area contributed by atoms with Gasteiger partial charge in [0.25, 0.3) is 0 Å². The van der Waals surface area contributed by atoms with E-state index in [1.54, 1.807) is 0 Å². The monoisotopic (exact) mass is 391 g/mol. The predicted molar refractivity (Wildman–Crippen MR) is 119 cm³/mol. The van der Waals surface area contributed by atoms with E-state index in [9.17, 15) is 4.79 Å². The maximum Gasteiger partial charge on any atom is 0.235 e. The van der Waals surface area contributed by atoms with Gasteiger partial charge in [0.2, 0.25) is 5.91 Å². The molecule has 0 atom stereocenters.